The zero-order valence-corrected chi connectivity index (χ0v) is 13.2. The highest BCUT2D eigenvalue weighted by atomic mass is 16.6. The van der Waals surface area contributed by atoms with E-state index in [9.17, 15) is 5.26 Å². The van der Waals surface area contributed by atoms with E-state index in [4.69, 9.17) is 9.47 Å². The maximum atomic E-state index is 9.23. The van der Waals surface area contributed by atoms with Crippen LogP contribution in [0.4, 0.5) is 5.82 Å². The summed E-state index contributed by atoms with van der Waals surface area (Å²) >= 11 is 0. The number of pyridine rings is 1. The summed E-state index contributed by atoms with van der Waals surface area (Å²) in [5, 5.41) is 12.6. The van der Waals surface area contributed by atoms with Crippen LogP contribution in [0.15, 0.2) is 36.5 Å². The second-order valence-corrected chi connectivity index (χ2v) is 5.78. The first-order valence-corrected chi connectivity index (χ1v) is 7.70. The van der Waals surface area contributed by atoms with Crippen LogP contribution in [-0.4, -0.2) is 18.2 Å². The van der Waals surface area contributed by atoms with Crippen molar-refractivity contribution in [3.05, 3.63) is 47.7 Å². The molecule has 5 nitrogen and oxygen atoms in total. The fraction of sp³-hybridized carbons (Fsp3) is 0.333. The van der Waals surface area contributed by atoms with Crippen molar-refractivity contribution in [2.45, 2.75) is 19.9 Å². The lowest BCUT2D eigenvalue weighted by Gasteiger charge is -2.26. The van der Waals surface area contributed by atoms with Gasteiger partial charge in [0.25, 0.3) is 0 Å². The number of nitrogens with zero attached hydrogens (tertiary/aromatic N) is 2. The monoisotopic (exact) mass is 309 g/mol. The average Bonchev–Trinajstić information content (AvgIpc) is 2.59. The minimum absolute atomic E-state index is 0.0211. The third-order valence-electron chi connectivity index (χ3n) is 3.81. The molecule has 5 heteroatoms. The Kier molecular flexibility index (Phi) is 4.33. The molecule has 1 N–H and O–H groups in total. The molecule has 1 aliphatic heterocycles. The molecule has 1 atom stereocenters. The summed E-state index contributed by atoms with van der Waals surface area (Å²) in [4.78, 5) is 4.30. The van der Waals surface area contributed by atoms with Gasteiger partial charge in [0.05, 0.1) is 11.6 Å². The van der Waals surface area contributed by atoms with Gasteiger partial charge in [0.1, 0.15) is 25.1 Å². The van der Waals surface area contributed by atoms with E-state index in [0.29, 0.717) is 30.5 Å². The van der Waals surface area contributed by atoms with Crippen molar-refractivity contribution in [2.24, 2.45) is 5.92 Å². The maximum absolute atomic E-state index is 9.23. The topological polar surface area (TPSA) is 67.2 Å². The minimum Gasteiger partial charge on any atom is -0.486 e. The first-order chi connectivity index (χ1) is 11.2. The Morgan fingerprint density at radius 3 is 2.70 bits per heavy atom. The lowest BCUT2D eigenvalue weighted by Crippen LogP contribution is -2.20. The van der Waals surface area contributed by atoms with E-state index in [-0.39, 0.29) is 6.04 Å². The third kappa shape index (κ3) is 3.21. The zero-order valence-electron chi connectivity index (χ0n) is 13.2. The highest BCUT2D eigenvalue weighted by Crippen LogP contribution is 2.35. The number of aromatic nitrogens is 1. The van der Waals surface area contributed by atoms with Crippen LogP contribution in [0, 0.1) is 17.2 Å². The lowest BCUT2D eigenvalue weighted by atomic mass is 9.95. The van der Waals surface area contributed by atoms with Gasteiger partial charge in [-0.15, -0.1) is 0 Å². The summed E-state index contributed by atoms with van der Waals surface area (Å²) in [6, 6.07) is 11.7. The standard InChI is InChI=1S/C18H19N3O2/c1-12(2)17(21-18-14(11-19)4-3-7-20-18)13-5-6-15-16(10-13)23-9-8-22-15/h3-7,10,12,17H,8-9H2,1-2H3,(H,20,21). The Labute approximate surface area is 135 Å². The zero-order chi connectivity index (χ0) is 16.2. The van der Waals surface area contributed by atoms with E-state index < -0.39 is 0 Å². The summed E-state index contributed by atoms with van der Waals surface area (Å²) in [5.74, 6) is 2.45. The van der Waals surface area contributed by atoms with Crippen molar-refractivity contribution in [2.75, 3.05) is 18.5 Å². The molecule has 2 heterocycles. The SMILES string of the molecule is CC(C)C(Nc1ncccc1C#N)c1ccc2c(c1)OCCO2. The summed E-state index contributed by atoms with van der Waals surface area (Å²) in [5.41, 5.74) is 1.62. The first-order valence-electron chi connectivity index (χ1n) is 7.70. The fourth-order valence-corrected chi connectivity index (χ4v) is 2.65. The number of nitrogens with one attached hydrogen (secondary N) is 1. The van der Waals surface area contributed by atoms with Crippen LogP contribution in [0.25, 0.3) is 0 Å². The van der Waals surface area contributed by atoms with Crippen LogP contribution < -0.4 is 14.8 Å². The van der Waals surface area contributed by atoms with Crippen LogP contribution in [0.5, 0.6) is 11.5 Å². The second kappa shape index (κ2) is 6.57. The predicted molar refractivity (Wildman–Crippen MR) is 87.6 cm³/mol. The molecule has 2 aromatic rings. The molecule has 0 spiro atoms. The number of ether oxygens (including phenoxy) is 2. The van der Waals surface area contributed by atoms with Crippen LogP contribution in [0.1, 0.15) is 31.0 Å². The van der Waals surface area contributed by atoms with Crippen LogP contribution in [0.3, 0.4) is 0 Å². The number of rotatable bonds is 4. The molecular weight excluding hydrogens is 290 g/mol. The van der Waals surface area contributed by atoms with E-state index in [1.54, 1.807) is 18.3 Å². The molecule has 0 bridgehead atoms. The molecule has 0 aliphatic carbocycles. The van der Waals surface area contributed by atoms with Gasteiger partial charge in [0, 0.05) is 6.20 Å². The number of nitriles is 1. The van der Waals surface area contributed by atoms with Crippen molar-refractivity contribution in [1.82, 2.24) is 4.98 Å². The highest BCUT2D eigenvalue weighted by molar-refractivity contribution is 5.53. The van der Waals surface area contributed by atoms with Gasteiger partial charge in [-0.2, -0.15) is 5.26 Å². The second-order valence-electron chi connectivity index (χ2n) is 5.78. The van der Waals surface area contributed by atoms with E-state index in [0.717, 1.165) is 17.1 Å². The summed E-state index contributed by atoms with van der Waals surface area (Å²) in [7, 11) is 0. The van der Waals surface area contributed by atoms with Gasteiger partial charge < -0.3 is 14.8 Å². The Hall–Kier alpha value is -2.74. The number of hydrogen-bond donors (Lipinski definition) is 1. The van der Waals surface area contributed by atoms with Crippen molar-refractivity contribution in [1.29, 1.82) is 5.26 Å². The molecule has 3 rings (SSSR count). The first kappa shape index (κ1) is 15.2. The van der Waals surface area contributed by atoms with Crippen LogP contribution >= 0.6 is 0 Å². The quantitative estimate of drug-likeness (QED) is 0.935. The van der Waals surface area contributed by atoms with Crippen LogP contribution in [-0.2, 0) is 0 Å². The summed E-state index contributed by atoms with van der Waals surface area (Å²) in [6.45, 7) is 5.40. The molecule has 1 aromatic carbocycles. The normalized spacial score (nSPS) is 14.2. The van der Waals surface area contributed by atoms with Gasteiger partial charge in [0.2, 0.25) is 0 Å². The number of benzene rings is 1. The smallest absolute Gasteiger partial charge is 0.161 e. The van der Waals surface area contributed by atoms with Gasteiger partial charge in [-0.05, 0) is 35.7 Å². The van der Waals surface area contributed by atoms with E-state index in [1.807, 2.05) is 18.2 Å². The molecule has 23 heavy (non-hydrogen) atoms. The molecule has 1 unspecified atom stereocenters. The van der Waals surface area contributed by atoms with Crippen molar-refractivity contribution >= 4 is 5.82 Å². The van der Waals surface area contributed by atoms with Gasteiger partial charge in [-0.3, -0.25) is 0 Å². The Morgan fingerprint density at radius 2 is 1.96 bits per heavy atom. The molecule has 1 aliphatic rings. The third-order valence-corrected chi connectivity index (χ3v) is 3.81. The molecule has 1 aromatic heterocycles. The molecule has 0 saturated heterocycles. The van der Waals surface area contributed by atoms with Gasteiger partial charge in [-0.25, -0.2) is 4.98 Å². The average molecular weight is 309 g/mol. The number of anilines is 1. The van der Waals surface area contributed by atoms with Crippen molar-refractivity contribution in [3.8, 4) is 17.6 Å². The largest absolute Gasteiger partial charge is 0.486 e. The van der Waals surface area contributed by atoms with Gasteiger partial charge >= 0.3 is 0 Å². The molecule has 0 saturated carbocycles. The predicted octanol–water partition coefficient (Wildman–Crippen LogP) is 3.53. The maximum Gasteiger partial charge on any atom is 0.161 e. The van der Waals surface area contributed by atoms with Crippen LogP contribution in [0.2, 0.25) is 0 Å². The van der Waals surface area contributed by atoms with Crippen molar-refractivity contribution < 1.29 is 9.47 Å². The molecule has 0 radical (unpaired) electrons. The Bertz CT molecular complexity index is 737. The van der Waals surface area contributed by atoms with E-state index >= 15 is 0 Å². The molecule has 0 fully saturated rings. The van der Waals surface area contributed by atoms with E-state index in [2.05, 4.69) is 30.2 Å². The molecule has 0 amide bonds. The van der Waals surface area contributed by atoms with E-state index in [1.165, 1.54) is 0 Å². The fourth-order valence-electron chi connectivity index (χ4n) is 2.65. The van der Waals surface area contributed by atoms with Crippen molar-refractivity contribution in [3.63, 3.8) is 0 Å². The minimum atomic E-state index is 0.0211. The summed E-state index contributed by atoms with van der Waals surface area (Å²) in [6.07, 6.45) is 1.68. The number of fused-ring (bicyclic) bond motifs is 1. The number of hydrogen-bond acceptors (Lipinski definition) is 5. The molecule has 118 valence electrons. The van der Waals surface area contributed by atoms with Gasteiger partial charge in [-0.1, -0.05) is 19.9 Å². The summed E-state index contributed by atoms with van der Waals surface area (Å²) < 4.78 is 11.2. The highest BCUT2D eigenvalue weighted by Gasteiger charge is 2.21. The Balaban J connectivity index is 1.92. The lowest BCUT2D eigenvalue weighted by molar-refractivity contribution is 0.171. The molecular formula is C18H19N3O2. The van der Waals surface area contributed by atoms with Gasteiger partial charge in [0.15, 0.2) is 11.5 Å². The Morgan fingerprint density at radius 1 is 1.17 bits per heavy atom.